The number of hydrogen-bond acceptors (Lipinski definition) is 5. The molecular weight excluding hydrogens is 387 g/mol. The summed E-state index contributed by atoms with van der Waals surface area (Å²) in [5.74, 6) is -1.94. The molecule has 1 saturated heterocycles. The van der Waals surface area contributed by atoms with Crippen molar-refractivity contribution in [3.63, 3.8) is 0 Å². The number of fused-ring (bicyclic) bond motifs is 1. The van der Waals surface area contributed by atoms with Crippen LogP contribution in [0, 0.1) is 5.82 Å². The van der Waals surface area contributed by atoms with Crippen molar-refractivity contribution in [3.8, 4) is 0 Å². The Hall–Kier alpha value is -2.32. The smallest absolute Gasteiger partial charge is 0.341 e. The largest absolute Gasteiger partial charge is 0.477 e. The number of benzene rings is 1. The molecule has 0 radical (unpaired) electrons. The number of carboxylic acids is 1. The summed E-state index contributed by atoms with van der Waals surface area (Å²) in [6.45, 7) is 4.70. The lowest BCUT2D eigenvalue weighted by Crippen LogP contribution is -2.44. The van der Waals surface area contributed by atoms with E-state index in [0.29, 0.717) is 30.7 Å². The molecule has 7 nitrogen and oxygen atoms in total. The zero-order valence-corrected chi connectivity index (χ0v) is 16.4. The van der Waals surface area contributed by atoms with Crippen molar-refractivity contribution in [1.82, 2.24) is 9.88 Å². The summed E-state index contributed by atoms with van der Waals surface area (Å²) < 4.78 is 17.2. The van der Waals surface area contributed by atoms with E-state index in [4.69, 9.17) is 5.73 Å². The van der Waals surface area contributed by atoms with Crippen LogP contribution in [0.2, 0.25) is 0 Å². The van der Waals surface area contributed by atoms with Crippen LogP contribution in [0.5, 0.6) is 0 Å². The normalized spacial score (nSPS) is 16.9. The number of halogens is 2. The van der Waals surface area contributed by atoms with E-state index in [1.54, 1.807) is 0 Å². The third-order valence-corrected chi connectivity index (χ3v) is 5.48. The molecule has 0 atom stereocenters. The average molecular weight is 411 g/mol. The first-order valence-electron chi connectivity index (χ1n) is 9.33. The van der Waals surface area contributed by atoms with Gasteiger partial charge >= 0.3 is 5.97 Å². The molecule has 2 aromatic rings. The highest BCUT2D eigenvalue weighted by Crippen LogP contribution is 2.42. The van der Waals surface area contributed by atoms with Crippen LogP contribution < -0.4 is 21.4 Å². The summed E-state index contributed by atoms with van der Waals surface area (Å²) in [5.41, 5.74) is 6.51. The summed E-state index contributed by atoms with van der Waals surface area (Å²) >= 11 is 0. The van der Waals surface area contributed by atoms with Gasteiger partial charge in [0.15, 0.2) is 5.82 Å². The first-order valence-corrected chi connectivity index (χ1v) is 9.33. The van der Waals surface area contributed by atoms with E-state index in [2.05, 4.69) is 5.32 Å². The number of carboxylic acid groups (broad SMARTS) is 1. The molecule has 4 rings (SSSR count). The Kier molecular flexibility index (Phi) is 5.54. The van der Waals surface area contributed by atoms with Gasteiger partial charge in [-0.3, -0.25) is 4.79 Å². The van der Waals surface area contributed by atoms with Gasteiger partial charge in [0.1, 0.15) is 5.56 Å². The number of aromatic nitrogens is 1. The molecule has 9 heteroatoms. The van der Waals surface area contributed by atoms with E-state index in [1.807, 2.05) is 16.4 Å². The number of pyridine rings is 1. The number of nitrogens with zero attached hydrogens (tertiary/aromatic N) is 2. The molecular formula is C19H24ClFN4O3. The van der Waals surface area contributed by atoms with Crippen molar-refractivity contribution in [2.75, 3.05) is 36.8 Å². The van der Waals surface area contributed by atoms with Gasteiger partial charge in [-0.2, -0.15) is 0 Å². The van der Waals surface area contributed by atoms with Crippen LogP contribution in [-0.2, 0) is 6.42 Å². The number of aromatic carboxylic acids is 1. The van der Waals surface area contributed by atoms with Gasteiger partial charge in [0.05, 0.1) is 22.3 Å². The topological polar surface area (TPSA) is 101 Å². The fourth-order valence-corrected chi connectivity index (χ4v) is 4.02. The maximum absolute atomic E-state index is 15.3. The Balaban J connectivity index is 0.00000225. The minimum Gasteiger partial charge on any atom is -0.477 e. The molecule has 1 aliphatic heterocycles. The zero-order valence-electron chi connectivity index (χ0n) is 15.6. The fourth-order valence-electron chi connectivity index (χ4n) is 4.02. The first-order chi connectivity index (χ1) is 13.0. The van der Waals surface area contributed by atoms with Crippen molar-refractivity contribution >= 4 is 40.7 Å². The van der Waals surface area contributed by atoms with Crippen molar-refractivity contribution in [3.05, 3.63) is 33.4 Å². The van der Waals surface area contributed by atoms with E-state index in [0.717, 1.165) is 31.5 Å². The Morgan fingerprint density at radius 3 is 2.54 bits per heavy atom. The predicted octanol–water partition coefficient (Wildman–Crippen LogP) is 2.15. The lowest BCUT2D eigenvalue weighted by atomic mass is 9.99. The van der Waals surface area contributed by atoms with E-state index < -0.39 is 17.2 Å². The Bertz CT molecular complexity index is 997. The molecule has 1 aliphatic carbocycles. The summed E-state index contributed by atoms with van der Waals surface area (Å²) in [6, 6.07) is 0.122. The maximum Gasteiger partial charge on any atom is 0.341 e. The van der Waals surface area contributed by atoms with Gasteiger partial charge in [-0.15, -0.1) is 12.4 Å². The second kappa shape index (κ2) is 7.60. The SMILES string of the molecule is CCc1c(N2CCNCC2)c(F)c(N)c2c(=O)c(C(=O)O)cn(C3CC3)c12.Cl. The quantitative estimate of drug-likeness (QED) is 0.668. The van der Waals surface area contributed by atoms with Crippen molar-refractivity contribution in [1.29, 1.82) is 0 Å². The highest BCUT2D eigenvalue weighted by atomic mass is 35.5. The number of nitrogens with two attached hydrogens (primary N) is 1. The van der Waals surface area contributed by atoms with Gasteiger partial charge in [0.2, 0.25) is 5.43 Å². The monoisotopic (exact) mass is 410 g/mol. The van der Waals surface area contributed by atoms with E-state index >= 15 is 4.39 Å². The number of aryl methyl sites for hydroxylation is 1. The second-order valence-electron chi connectivity index (χ2n) is 7.18. The van der Waals surface area contributed by atoms with Gasteiger partial charge < -0.3 is 25.6 Å². The molecule has 1 aromatic carbocycles. The lowest BCUT2D eigenvalue weighted by molar-refractivity contribution is 0.0695. The Labute approximate surface area is 167 Å². The van der Waals surface area contributed by atoms with Crippen LogP contribution in [0.15, 0.2) is 11.0 Å². The lowest BCUT2D eigenvalue weighted by Gasteiger charge is -2.33. The number of piperazine rings is 1. The number of carbonyl (C=O) groups is 1. The van der Waals surface area contributed by atoms with Crippen LogP contribution in [0.3, 0.4) is 0 Å². The van der Waals surface area contributed by atoms with Crippen molar-refractivity contribution in [2.45, 2.75) is 32.2 Å². The first kappa shape index (κ1) is 20.4. The maximum atomic E-state index is 15.3. The van der Waals surface area contributed by atoms with Gasteiger partial charge in [-0.05, 0) is 19.3 Å². The number of nitrogen functional groups attached to an aromatic ring is 1. The summed E-state index contributed by atoms with van der Waals surface area (Å²) in [6.07, 6.45) is 3.73. The van der Waals surface area contributed by atoms with Gasteiger partial charge in [-0.1, -0.05) is 6.92 Å². The van der Waals surface area contributed by atoms with Gasteiger partial charge in [0, 0.05) is 44.0 Å². The Morgan fingerprint density at radius 2 is 2.00 bits per heavy atom. The highest BCUT2D eigenvalue weighted by Gasteiger charge is 2.32. The molecule has 28 heavy (non-hydrogen) atoms. The van der Waals surface area contributed by atoms with Crippen molar-refractivity contribution < 1.29 is 14.3 Å². The summed E-state index contributed by atoms with van der Waals surface area (Å²) in [7, 11) is 0. The van der Waals surface area contributed by atoms with Gasteiger partial charge in [-0.25, -0.2) is 9.18 Å². The zero-order chi connectivity index (χ0) is 19.3. The van der Waals surface area contributed by atoms with Crippen molar-refractivity contribution in [2.24, 2.45) is 0 Å². The predicted molar refractivity (Wildman–Crippen MR) is 110 cm³/mol. The minimum atomic E-state index is -1.32. The number of hydrogen-bond donors (Lipinski definition) is 3. The van der Waals surface area contributed by atoms with Gasteiger partial charge in [0.25, 0.3) is 0 Å². The molecule has 0 amide bonds. The Morgan fingerprint density at radius 1 is 1.36 bits per heavy atom. The number of nitrogens with one attached hydrogen (secondary N) is 1. The number of anilines is 2. The molecule has 1 saturated carbocycles. The molecule has 2 heterocycles. The molecule has 0 spiro atoms. The van der Waals surface area contributed by atoms with Crippen LogP contribution in [0.1, 0.15) is 41.7 Å². The number of rotatable bonds is 4. The molecule has 2 aliphatic rings. The van der Waals surface area contributed by atoms with Crippen LogP contribution in [-0.4, -0.2) is 41.8 Å². The molecule has 4 N–H and O–H groups in total. The van der Waals surface area contributed by atoms with Crippen LogP contribution in [0.4, 0.5) is 15.8 Å². The average Bonchev–Trinajstić information content (AvgIpc) is 3.49. The third-order valence-electron chi connectivity index (χ3n) is 5.48. The molecule has 0 unspecified atom stereocenters. The van der Waals surface area contributed by atoms with E-state index in [9.17, 15) is 14.7 Å². The molecule has 1 aromatic heterocycles. The summed E-state index contributed by atoms with van der Waals surface area (Å²) in [5, 5.41) is 12.7. The highest BCUT2D eigenvalue weighted by molar-refractivity contribution is 6.01. The molecule has 152 valence electrons. The molecule has 0 bridgehead atoms. The van der Waals surface area contributed by atoms with E-state index in [-0.39, 0.29) is 35.1 Å². The molecule has 2 fully saturated rings. The summed E-state index contributed by atoms with van der Waals surface area (Å²) in [4.78, 5) is 26.4. The second-order valence-corrected chi connectivity index (χ2v) is 7.18. The van der Waals surface area contributed by atoms with E-state index in [1.165, 1.54) is 6.20 Å². The minimum absolute atomic E-state index is 0. The standard InChI is InChI=1S/C19H23FN4O3.ClH/c1-2-11-16-13(15(21)14(20)17(11)23-7-5-22-6-8-23)18(25)12(19(26)27)9-24(16)10-3-4-10;/h9-10,22H,2-8,21H2,1H3,(H,26,27);1H. The third kappa shape index (κ3) is 3.10. The van der Waals surface area contributed by atoms with Crippen LogP contribution >= 0.6 is 12.4 Å². The van der Waals surface area contributed by atoms with Crippen LogP contribution in [0.25, 0.3) is 10.9 Å². The fraction of sp³-hybridized carbons (Fsp3) is 0.474.